The molecular weight excluding hydrogens is 192 g/mol. The predicted octanol–water partition coefficient (Wildman–Crippen LogP) is 1.55. The fourth-order valence-corrected chi connectivity index (χ4v) is 0.827. The Morgan fingerprint density at radius 1 is 1.46 bits per heavy atom. The average molecular weight is 203 g/mol. The van der Waals surface area contributed by atoms with Gasteiger partial charge in [0, 0.05) is 6.54 Å². The predicted molar refractivity (Wildman–Crippen MR) is 51.3 cm³/mol. The minimum absolute atomic E-state index is 0.725. The smallest absolute Gasteiger partial charge is 0.402 e. The summed E-state index contributed by atoms with van der Waals surface area (Å²) in [6.07, 6.45) is -1.33. The van der Waals surface area contributed by atoms with Crippen LogP contribution in [-0.4, -0.2) is 11.2 Å². The molecule has 1 aromatic carbocycles. The number of hydrogen-bond donors (Lipinski definition) is 3. The molecule has 0 unspecified atom stereocenters. The van der Waals surface area contributed by atoms with E-state index in [0.717, 1.165) is 6.54 Å². The highest BCUT2D eigenvalue weighted by molar-refractivity contribution is 6.13. The Hall–Kier alpha value is -1.26. The number of carboxylic acid groups (broad SMARTS) is 1. The van der Waals surface area contributed by atoms with Crippen molar-refractivity contribution in [2.75, 3.05) is 0 Å². The third kappa shape index (κ3) is 8.65. The maximum Gasteiger partial charge on any atom is 0.402 e. The van der Waals surface area contributed by atoms with Crippen molar-refractivity contribution in [1.82, 2.24) is 4.84 Å². The van der Waals surface area contributed by atoms with Gasteiger partial charge in [-0.3, -0.25) is 0 Å². The molecule has 1 amide bonds. The normalized spacial score (nSPS) is 8.38. The van der Waals surface area contributed by atoms with Gasteiger partial charge in [-0.25, -0.2) is 9.63 Å². The van der Waals surface area contributed by atoms with Crippen molar-refractivity contribution in [3.8, 4) is 0 Å². The summed E-state index contributed by atoms with van der Waals surface area (Å²) in [6.45, 7) is 0.725. The Morgan fingerprint density at radius 2 is 1.92 bits per heavy atom. The van der Waals surface area contributed by atoms with Crippen molar-refractivity contribution in [1.29, 1.82) is 0 Å². The molecule has 0 aromatic heterocycles. The molecule has 0 fully saturated rings. The standard InChI is InChI=1S/C7H8ClN.CH3NO2/c8-9-6-7-4-2-1-3-5-7;2-1(3)4/h1-5,9H,6H2;2H2,(H,3,4). The number of benzene rings is 1. The van der Waals surface area contributed by atoms with Crippen LogP contribution in [0.2, 0.25) is 0 Å². The number of nitrogens with two attached hydrogens (primary N) is 1. The zero-order valence-corrected chi connectivity index (χ0v) is 7.66. The molecule has 0 saturated carbocycles. The Morgan fingerprint density at radius 3 is 2.31 bits per heavy atom. The summed E-state index contributed by atoms with van der Waals surface area (Å²) in [5.74, 6) is 0. The first-order valence-corrected chi connectivity index (χ1v) is 3.90. The molecule has 0 aliphatic heterocycles. The molecule has 0 aliphatic rings. The van der Waals surface area contributed by atoms with Crippen molar-refractivity contribution in [3.63, 3.8) is 0 Å². The van der Waals surface area contributed by atoms with E-state index in [4.69, 9.17) is 21.7 Å². The molecule has 13 heavy (non-hydrogen) atoms. The summed E-state index contributed by atoms with van der Waals surface area (Å²) in [7, 11) is 0. The number of rotatable bonds is 2. The van der Waals surface area contributed by atoms with Crippen LogP contribution in [0.3, 0.4) is 0 Å². The van der Waals surface area contributed by atoms with Gasteiger partial charge in [-0.1, -0.05) is 30.3 Å². The van der Waals surface area contributed by atoms with Crippen LogP contribution in [-0.2, 0) is 6.54 Å². The van der Waals surface area contributed by atoms with E-state index in [1.807, 2.05) is 30.3 Å². The van der Waals surface area contributed by atoms with E-state index in [-0.39, 0.29) is 0 Å². The highest BCUT2D eigenvalue weighted by Crippen LogP contribution is 1.96. The molecule has 4 nitrogen and oxygen atoms in total. The Kier molecular flexibility index (Phi) is 6.68. The van der Waals surface area contributed by atoms with Crippen molar-refractivity contribution >= 4 is 17.9 Å². The summed E-state index contributed by atoms with van der Waals surface area (Å²) >= 11 is 5.29. The molecule has 0 spiro atoms. The Bertz CT molecular complexity index is 237. The van der Waals surface area contributed by atoms with Crippen molar-refractivity contribution in [2.24, 2.45) is 5.73 Å². The van der Waals surface area contributed by atoms with E-state index in [2.05, 4.69) is 10.6 Å². The second-order valence-corrected chi connectivity index (χ2v) is 2.40. The van der Waals surface area contributed by atoms with E-state index < -0.39 is 6.09 Å². The lowest BCUT2D eigenvalue weighted by Crippen LogP contribution is -2.03. The average Bonchev–Trinajstić information content (AvgIpc) is 2.06. The summed E-state index contributed by atoms with van der Waals surface area (Å²) in [5.41, 5.74) is 5.23. The lowest BCUT2D eigenvalue weighted by atomic mass is 10.2. The highest BCUT2D eigenvalue weighted by atomic mass is 35.5. The topological polar surface area (TPSA) is 75.3 Å². The maximum atomic E-state index is 8.78. The highest BCUT2D eigenvalue weighted by Gasteiger charge is 1.84. The number of hydrogen-bond acceptors (Lipinski definition) is 2. The molecule has 0 heterocycles. The molecule has 0 bridgehead atoms. The van der Waals surface area contributed by atoms with E-state index >= 15 is 0 Å². The van der Waals surface area contributed by atoms with Gasteiger partial charge in [0.15, 0.2) is 0 Å². The van der Waals surface area contributed by atoms with Crippen molar-refractivity contribution in [3.05, 3.63) is 35.9 Å². The lowest BCUT2D eigenvalue weighted by molar-refractivity contribution is 0.205. The molecule has 5 heteroatoms. The zero-order valence-electron chi connectivity index (χ0n) is 6.90. The van der Waals surface area contributed by atoms with Crippen LogP contribution in [0.4, 0.5) is 4.79 Å². The first-order chi connectivity index (χ1) is 6.16. The molecule has 1 rings (SSSR count). The first-order valence-electron chi connectivity index (χ1n) is 3.52. The van der Waals surface area contributed by atoms with Gasteiger partial charge in [0.05, 0.1) is 0 Å². The summed E-state index contributed by atoms with van der Waals surface area (Å²) in [6, 6.07) is 10.0. The lowest BCUT2D eigenvalue weighted by Gasteiger charge is -1.94. The Labute approximate surface area is 81.4 Å². The van der Waals surface area contributed by atoms with Gasteiger partial charge in [0.2, 0.25) is 0 Å². The molecular formula is C8H11ClN2O2. The molecule has 4 N–H and O–H groups in total. The van der Waals surface area contributed by atoms with Crippen LogP contribution in [0, 0.1) is 0 Å². The van der Waals surface area contributed by atoms with E-state index in [1.54, 1.807) is 0 Å². The maximum absolute atomic E-state index is 8.78. The molecule has 0 aliphatic carbocycles. The largest absolute Gasteiger partial charge is 0.465 e. The fourth-order valence-electron chi connectivity index (χ4n) is 0.673. The fraction of sp³-hybridized carbons (Fsp3) is 0.125. The van der Waals surface area contributed by atoms with Crippen molar-refractivity contribution < 1.29 is 9.90 Å². The van der Waals surface area contributed by atoms with E-state index in [0.29, 0.717) is 0 Å². The summed E-state index contributed by atoms with van der Waals surface area (Å²) in [4.78, 5) is 11.3. The Balaban J connectivity index is 0.000000310. The van der Waals surface area contributed by atoms with Gasteiger partial charge >= 0.3 is 6.09 Å². The molecule has 0 atom stereocenters. The van der Waals surface area contributed by atoms with Crippen LogP contribution >= 0.6 is 11.8 Å². The minimum atomic E-state index is -1.33. The van der Waals surface area contributed by atoms with Gasteiger partial charge < -0.3 is 10.8 Å². The number of nitrogens with one attached hydrogen (secondary N) is 1. The quantitative estimate of drug-likeness (QED) is 0.637. The summed E-state index contributed by atoms with van der Waals surface area (Å²) < 4.78 is 0. The van der Waals surface area contributed by atoms with Crippen molar-refractivity contribution in [2.45, 2.75) is 6.54 Å². The number of amides is 1. The van der Waals surface area contributed by atoms with Crippen LogP contribution < -0.4 is 10.6 Å². The number of carbonyl (C=O) groups is 1. The van der Waals surface area contributed by atoms with Gasteiger partial charge in [-0.15, -0.1) is 0 Å². The first kappa shape index (κ1) is 11.7. The van der Waals surface area contributed by atoms with Crippen LogP contribution in [0.15, 0.2) is 30.3 Å². The SMILES string of the molecule is ClNCc1ccccc1.NC(=O)O. The zero-order chi connectivity index (χ0) is 10.1. The van der Waals surface area contributed by atoms with Gasteiger partial charge in [-0.05, 0) is 17.3 Å². The molecule has 0 saturated heterocycles. The molecule has 0 radical (unpaired) electrons. The van der Waals surface area contributed by atoms with Gasteiger partial charge in [0.25, 0.3) is 0 Å². The monoisotopic (exact) mass is 202 g/mol. The third-order valence-electron chi connectivity index (χ3n) is 1.11. The van der Waals surface area contributed by atoms with E-state index in [1.165, 1.54) is 5.56 Å². The van der Waals surface area contributed by atoms with Crippen LogP contribution in [0.1, 0.15) is 5.56 Å². The molecule has 1 aromatic rings. The number of primary amides is 1. The second kappa shape index (κ2) is 7.39. The molecule has 72 valence electrons. The number of halogens is 1. The third-order valence-corrected chi connectivity index (χ3v) is 1.25. The summed E-state index contributed by atoms with van der Waals surface area (Å²) in [5, 5.41) is 7.19. The minimum Gasteiger partial charge on any atom is -0.465 e. The van der Waals surface area contributed by atoms with Crippen LogP contribution in [0.5, 0.6) is 0 Å². The van der Waals surface area contributed by atoms with Crippen LogP contribution in [0.25, 0.3) is 0 Å². The second-order valence-electron chi connectivity index (χ2n) is 2.13. The van der Waals surface area contributed by atoms with E-state index in [9.17, 15) is 0 Å². The van der Waals surface area contributed by atoms with Gasteiger partial charge in [-0.2, -0.15) is 0 Å². The van der Waals surface area contributed by atoms with Gasteiger partial charge in [0.1, 0.15) is 0 Å².